The van der Waals surface area contributed by atoms with E-state index in [1.54, 1.807) is 13.8 Å². The van der Waals surface area contributed by atoms with E-state index in [0.717, 1.165) is 0 Å². The van der Waals surface area contributed by atoms with Gasteiger partial charge in [0.15, 0.2) is 0 Å². The standard InChI is InChI=1S/C11H11ClF2N2O3/c1-11(2,5-12)15-10(17)7-3-6(13)4-8(9(7)14)16(18)19/h3-4H,5H2,1-2H3,(H,15,17). The Balaban J connectivity index is 3.21. The molecule has 1 rings (SSSR count). The number of nitro benzene ring substituents is 1. The van der Waals surface area contributed by atoms with Crippen molar-refractivity contribution in [2.75, 3.05) is 5.88 Å². The predicted molar refractivity (Wildman–Crippen MR) is 65.3 cm³/mol. The second kappa shape index (κ2) is 5.48. The van der Waals surface area contributed by atoms with Gasteiger partial charge in [0.2, 0.25) is 5.82 Å². The molecule has 1 N–H and O–H groups in total. The molecule has 5 nitrogen and oxygen atoms in total. The predicted octanol–water partition coefficient (Wildman–Crippen LogP) is 2.62. The van der Waals surface area contributed by atoms with Crippen LogP contribution in [-0.4, -0.2) is 22.2 Å². The summed E-state index contributed by atoms with van der Waals surface area (Å²) < 4.78 is 26.9. The molecule has 0 saturated carbocycles. The minimum absolute atomic E-state index is 0.0395. The fourth-order valence-electron chi connectivity index (χ4n) is 1.28. The first-order valence-corrected chi connectivity index (χ1v) is 5.73. The number of nitro groups is 1. The Kier molecular flexibility index (Phi) is 4.41. The highest BCUT2D eigenvalue weighted by molar-refractivity contribution is 6.18. The van der Waals surface area contributed by atoms with Crippen LogP contribution in [0.3, 0.4) is 0 Å². The van der Waals surface area contributed by atoms with Crippen LogP contribution >= 0.6 is 11.6 Å². The molecule has 8 heteroatoms. The number of hydrogen-bond donors (Lipinski definition) is 1. The number of alkyl halides is 1. The van der Waals surface area contributed by atoms with Gasteiger partial charge in [0.05, 0.1) is 16.6 Å². The maximum atomic E-state index is 13.7. The summed E-state index contributed by atoms with van der Waals surface area (Å²) in [6, 6.07) is 1.01. The number of nitrogens with zero attached hydrogens (tertiary/aromatic N) is 1. The summed E-state index contributed by atoms with van der Waals surface area (Å²) in [4.78, 5) is 21.2. The summed E-state index contributed by atoms with van der Waals surface area (Å²) in [5, 5.41) is 12.9. The molecule has 1 aromatic rings. The molecule has 1 aromatic carbocycles. The zero-order chi connectivity index (χ0) is 14.8. The number of carbonyl (C=O) groups is 1. The van der Waals surface area contributed by atoms with E-state index in [-0.39, 0.29) is 5.88 Å². The summed E-state index contributed by atoms with van der Waals surface area (Å²) in [7, 11) is 0. The largest absolute Gasteiger partial charge is 0.346 e. The Morgan fingerprint density at radius 1 is 1.47 bits per heavy atom. The van der Waals surface area contributed by atoms with E-state index in [1.807, 2.05) is 0 Å². The quantitative estimate of drug-likeness (QED) is 0.527. The lowest BCUT2D eigenvalue weighted by Crippen LogP contribution is -2.45. The molecular weight excluding hydrogens is 282 g/mol. The third kappa shape index (κ3) is 3.60. The van der Waals surface area contributed by atoms with Crippen LogP contribution in [0.4, 0.5) is 14.5 Å². The van der Waals surface area contributed by atoms with Gasteiger partial charge < -0.3 is 5.32 Å². The molecule has 0 heterocycles. The second-order valence-corrected chi connectivity index (χ2v) is 4.78. The van der Waals surface area contributed by atoms with Gasteiger partial charge in [-0.3, -0.25) is 14.9 Å². The first kappa shape index (κ1) is 15.3. The average Bonchev–Trinajstić information content (AvgIpc) is 2.30. The van der Waals surface area contributed by atoms with Crippen molar-refractivity contribution < 1.29 is 18.5 Å². The van der Waals surface area contributed by atoms with Crippen molar-refractivity contribution >= 4 is 23.2 Å². The molecule has 104 valence electrons. The Bertz CT molecular complexity index is 535. The highest BCUT2D eigenvalue weighted by atomic mass is 35.5. The highest BCUT2D eigenvalue weighted by Gasteiger charge is 2.27. The van der Waals surface area contributed by atoms with Crippen LogP contribution in [0.2, 0.25) is 0 Å². The van der Waals surface area contributed by atoms with Crippen LogP contribution in [-0.2, 0) is 0 Å². The lowest BCUT2D eigenvalue weighted by atomic mass is 10.1. The van der Waals surface area contributed by atoms with Gasteiger partial charge in [-0.2, -0.15) is 4.39 Å². The Morgan fingerprint density at radius 3 is 2.53 bits per heavy atom. The number of rotatable bonds is 4. The monoisotopic (exact) mass is 292 g/mol. The molecule has 0 aliphatic carbocycles. The molecule has 0 aliphatic rings. The van der Waals surface area contributed by atoms with Crippen molar-refractivity contribution in [1.29, 1.82) is 0 Å². The van der Waals surface area contributed by atoms with Crippen LogP contribution in [0, 0.1) is 21.7 Å². The molecule has 0 saturated heterocycles. The number of benzene rings is 1. The second-order valence-electron chi connectivity index (χ2n) is 4.52. The van der Waals surface area contributed by atoms with Crippen LogP contribution in [0.5, 0.6) is 0 Å². The van der Waals surface area contributed by atoms with Crippen molar-refractivity contribution in [3.8, 4) is 0 Å². The number of hydrogen-bond acceptors (Lipinski definition) is 3. The van der Waals surface area contributed by atoms with Crippen molar-refractivity contribution in [3.05, 3.63) is 39.4 Å². The van der Waals surface area contributed by atoms with E-state index in [9.17, 15) is 23.7 Å². The average molecular weight is 293 g/mol. The summed E-state index contributed by atoms with van der Waals surface area (Å²) in [5.74, 6) is -3.38. The van der Waals surface area contributed by atoms with Gasteiger partial charge in [0, 0.05) is 11.4 Å². The lowest BCUT2D eigenvalue weighted by molar-refractivity contribution is -0.387. The van der Waals surface area contributed by atoms with Crippen LogP contribution < -0.4 is 5.32 Å². The van der Waals surface area contributed by atoms with E-state index in [2.05, 4.69) is 5.32 Å². The zero-order valence-corrected chi connectivity index (χ0v) is 10.9. The third-order valence-electron chi connectivity index (χ3n) is 2.25. The fraction of sp³-hybridized carbons (Fsp3) is 0.364. The van der Waals surface area contributed by atoms with Crippen molar-refractivity contribution in [2.24, 2.45) is 0 Å². The molecule has 0 radical (unpaired) electrons. The molecule has 0 atom stereocenters. The number of carbonyl (C=O) groups excluding carboxylic acids is 1. The Labute approximate surface area is 112 Å². The smallest absolute Gasteiger partial charge is 0.308 e. The first-order valence-electron chi connectivity index (χ1n) is 5.20. The zero-order valence-electron chi connectivity index (χ0n) is 10.2. The van der Waals surface area contributed by atoms with Gasteiger partial charge in [-0.15, -0.1) is 11.6 Å². The molecule has 0 aliphatic heterocycles. The molecule has 0 aromatic heterocycles. The Morgan fingerprint density at radius 2 is 2.05 bits per heavy atom. The first-order chi connectivity index (χ1) is 8.68. The van der Waals surface area contributed by atoms with Crippen molar-refractivity contribution in [1.82, 2.24) is 5.32 Å². The SMILES string of the molecule is CC(C)(CCl)NC(=O)c1cc(F)cc([N+](=O)[O-])c1F. The topological polar surface area (TPSA) is 72.2 Å². The maximum absolute atomic E-state index is 13.7. The number of nitrogens with one attached hydrogen (secondary N) is 1. The summed E-state index contributed by atoms with van der Waals surface area (Å²) >= 11 is 5.59. The van der Waals surface area contributed by atoms with Gasteiger partial charge in [-0.1, -0.05) is 0 Å². The summed E-state index contributed by atoms with van der Waals surface area (Å²) in [6.07, 6.45) is 0. The van der Waals surface area contributed by atoms with E-state index in [1.165, 1.54) is 0 Å². The molecule has 0 spiro atoms. The number of amides is 1. The van der Waals surface area contributed by atoms with Crippen LogP contribution in [0.15, 0.2) is 12.1 Å². The van der Waals surface area contributed by atoms with Gasteiger partial charge in [0.25, 0.3) is 5.91 Å². The molecule has 1 amide bonds. The van der Waals surface area contributed by atoms with E-state index in [0.29, 0.717) is 12.1 Å². The van der Waals surface area contributed by atoms with Gasteiger partial charge in [-0.05, 0) is 19.9 Å². The molecule has 0 fully saturated rings. The molecular formula is C11H11ClF2N2O3. The van der Waals surface area contributed by atoms with Crippen molar-refractivity contribution in [2.45, 2.75) is 19.4 Å². The van der Waals surface area contributed by atoms with Crippen LogP contribution in [0.1, 0.15) is 24.2 Å². The van der Waals surface area contributed by atoms with E-state index >= 15 is 0 Å². The van der Waals surface area contributed by atoms with E-state index in [4.69, 9.17) is 11.6 Å². The van der Waals surface area contributed by atoms with Crippen molar-refractivity contribution in [3.63, 3.8) is 0 Å². The molecule has 19 heavy (non-hydrogen) atoms. The lowest BCUT2D eigenvalue weighted by Gasteiger charge is -2.23. The minimum Gasteiger partial charge on any atom is -0.346 e. The number of halogens is 3. The highest BCUT2D eigenvalue weighted by Crippen LogP contribution is 2.23. The maximum Gasteiger partial charge on any atom is 0.308 e. The summed E-state index contributed by atoms with van der Waals surface area (Å²) in [5.41, 5.74) is -2.68. The Hall–Kier alpha value is -1.76. The summed E-state index contributed by atoms with van der Waals surface area (Å²) in [6.45, 7) is 3.15. The van der Waals surface area contributed by atoms with Gasteiger partial charge in [-0.25, -0.2) is 4.39 Å². The van der Waals surface area contributed by atoms with Gasteiger partial charge >= 0.3 is 5.69 Å². The normalized spacial score (nSPS) is 11.2. The third-order valence-corrected chi connectivity index (χ3v) is 2.91. The minimum atomic E-state index is -1.38. The molecule has 0 unspecified atom stereocenters. The van der Waals surface area contributed by atoms with Gasteiger partial charge in [0.1, 0.15) is 5.82 Å². The van der Waals surface area contributed by atoms with Crippen LogP contribution in [0.25, 0.3) is 0 Å². The molecule has 0 bridgehead atoms. The fourth-order valence-corrected chi connectivity index (χ4v) is 1.35. The van der Waals surface area contributed by atoms with E-state index < -0.39 is 39.3 Å².